The van der Waals surface area contributed by atoms with Crippen molar-refractivity contribution in [1.29, 1.82) is 0 Å². The second-order valence-electron chi connectivity index (χ2n) is 6.14. The van der Waals surface area contributed by atoms with Crippen LogP contribution in [0, 0.1) is 11.8 Å². The fourth-order valence-electron chi connectivity index (χ4n) is 2.40. The number of rotatable bonds is 7. The molecule has 2 rings (SSSR count). The lowest BCUT2D eigenvalue weighted by Crippen LogP contribution is -2.21. The molecule has 3 nitrogen and oxygen atoms in total. The summed E-state index contributed by atoms with van der Waals surface area (Å²) in [5.41, 5.74) is 1.25. The van der Waals surface area contributed by atoms with E-state index in [9.17, 15) is 0 Å². The van der Waals surface area contributed by atoms with E-state index >= 15 is 0 Å². The number of nitrogens with one attached hydrogen (secondary N) is 1. The maximum absolute atomic E-state index is 5.96. The van der Waals surface area contributed by atoms with Gasteiger partial charge < -0.3 is 14.8 Å². The highest BCUT2D eigenvalue weighted by molar-refractivity contribution is 9.10. The first-order chi connectivity index (χ1) is 10.1. The molecule has 0 bridgehead atoms. The Hall–Kier alpha value is -0.580. The molecule has 1 aromatic carbocycles. The topological polar surface area (TPSA) is 30.5 Å². The Labute approximate surface area is 136 Å². The van der Waals surface area contributed by atoms with E-state index in [0.717, 1.165) is 56.0 Å². The summed E-state index contributed by atoms with van der Waals surface area (Å²) in [4.78, 5) is 0. The zero-order chi connectivity index (χ0) is 15.1. The molecular formula is C17H26BrNO2. The van der Waals surface area contributed by atoms with Crippen molar-refractivity contribution in [2.24, 2.45) is 11.8 Å². The minimum atomic E-state index is 0.630. The van der Waals surface area contributed by atoms with E-state index < -0.39 is 0 Å². The summed E-state index contributed by atoms with van der Waals surface area (Å²) >= 11 is 3.61. The third kappa shape index (κ3) is 5.97. The third-order valence-corrected chi connectivity index (χ3v) is 4.49. The highest BCUT2D eigenvalue weighted by atomic mass is 79.9. The van der Waals surface area contributed by atoms with Gasteiger partial charge in [-0.25, -0.2) is 0 Å². The fourth-order valence-corrected chi connectivity index (χ4v) is 2.79. The molecule has 0 aliphatic carbocycles. The van der Waals surface area contributed by atoms with Crippen LogP contribution in [0.2, 0.25) is 0 Å². The van der Waals surface area contributed by atoms with Crippen LogP contribution in [-0.2, 0) is 11.3 Å². The van der Waals surface area contributed by atoms with Gasteiger partial charge in [0.05, 0.1) is 6.61 Å². The zero-order valence-corrected chi connectivity index (χ0v) is 14.6. The van der Waals surface area contributed by atoms with Crippen LogP contribution in [0.1, 0.15) is 32.3 Å². The zero-order valence-electron chi connectivity index (χ0n) is 13.0. The van der Waals surface area contributed by atoms with Gasteiger partial charge in [-0.1, -0.05) is 29.8 Å². The summed E-state index contributed by atoms with van der Waals surface area (Å²) in [6.07, 6.45) is 2.22. The molecule has 0 spiro atoms. The van der Waals surface area contributed by atoms with Gasteiger partial charge >= 0.3 is 0 Å². The van der Waals surface area contributed by atoms with Crippen LogP contribution in [-0.4, -0.2) is 26.4 Å². The first-order valence-electron chi connectivity index (χ1n) is 7.85. The number of hydrogen-bond acceptors (Lipinski definition) is 3. The molecule has 0 unspecified atom stereocenters. The molecule has 1 aromatic rings. The van der Waals surface area contributed by atoms with Crippen molar-refractivity contribution >= 4 is 15.9 Å². The van der Waals surface area contributed by atoms with Gasteiger partial charge in [-0.3, -0.25) is 0 Å². The van der Waals surface area contributed by atoms with E-state index in [1.165, 1.54) is 5.56 Å². The Morgan fingerprint density at radius 1 is 1.33 bits per heavy atom. The molecule has 1 aliphatic rings. The molecule has 4 heteroatoms. The van der Waals surface area contributed by atoms with Gasteiger partial charge in [0.15, 0.2) is 0 Å². The average Bonchev–Trinajstić information content (AvgIpc) is 2.48. The Morgan fingerprint density at radius 2 is 2.10 bits per heavy atom. The normalized spacial score (nSPS) is 16.4. The molecule has 1 saturated heterocycles. The second kappa shape index (κ2) is 8.76. The molecule has 0 radical (unpaired) electrons. The average molecular weight is 356 g/mol. The lowest BCUT2D eigenvalue weighted by Gasteiger charge is -2.22. The van der Waals surface area contributed by atoms with Crippen molar-refractivity contribution in [3.05, 3.63) is 28.2 Å². The lowest BCUT2D eigenvalue weighted by molar-refractivity contribution is 0.0497. The van der Waals surface area contributed by atoms with Crippen LogP contribution in [0.4, 0.5) is 0 Å². The Bertz CT molecular complexity index is 431. The second-order valence-corrected chi connectivity index (χ2v) is 7.00. The highest BCUT2D eigenvalue weighted by Gasteiger charge is 2.14. The van der Waals surface area contributed by atoms with Gasteiger partial charge in [0.1, 0.15) is 5.75 Å². The van der Waals surface area contributed by atoms with E-state index in [2.05, 4.69) is 47.2 Å². The highest BCUT2D eigenvalue weighted by Crippen LogP contribution is 2.24. The van der Waals surface area contributed by atoms with Gasteiger partial charge in [0.25, 0.3) is 0 Å². The van der Waals surface area contributed by atoms with Crippen molar-refractivity contribution in [3.8, 4) is 5.75 Å². The van der Waals surface area contributed by atoms with Crippen LogP contribution >= 0.6 is 15.9 Å². The first-order valence-corrected chi connectivity index (χ1v) is 8.64. The lowest BCUT2D eigenvalue weighted by atomic mass is 10.0. The summed E-state index contributed by atoms with van der Waals surface area (Å²) in [5.74, 6) is 2.26. The van der Waals surface area contributed by atoms with E-state index in [1.807, 2.05) is 6.07 Å². The van der Waals surface area contributed by atoms with Crippen molar-refractivity contribution in [3.63, 3.8) is 0 Å². The molecule has 1 fully saturated rings. The summed E-state index contributed by atoms with van der Waals surface area (Å²) in [5, 5.41) is 3.47. The predicted molar refractivity (Wildman–Crippen MR) is 89.7 cm³/mol. The number of hydrogen-bond donors (Lipinski definition) is 1. The maximum Gasteiger partial charge on any atom is 0.119 e. The fraction of sp³-hybridized carbons (Fsp3) is 0.647. The Morgan fingerprint density at radius 3 is 2.81 bits per heavy atom. The van der Waals surface area contributed by atoms with E-state index in [4.69, 9.17) is 9.47 Å². The van der Waals surface area contributed by atoms with Crippen LogP contribution in [0.5, 0.6) is 5.75 Å². The van der Waals surface area contributed by atoms with Gasteiger partial charge in [-0.15, -0.1) is 0 Å². The van der Waals surface area contributed by atoms with Gasteiger partial charge in [-0.2, -0.15) is 0 Å². The molecular weight excluding hydrogens is 330 g/mol. The standard InChI is InChI=1S/C17H26BrNO2/c1-13(2)10-19-11-15-9-16(3-4-17(15)18)21-12-14-5-7-20-8-6-14/h3-4,9,13-14,19H,5-8,10-12H2,1-2H3. The van der Waals surface area contributed by atoms with Crippen molar-refractivity contribution in [1.82, 2.24) is 5.32 Å². The van der Waals surface area contributed by atoms with Crippen LogP contribution < -0.4 is 10.1 Å². The minimum absolute atomic E-state index is 0.630. The quantitative estimate of drug-likeness (QED) is 0.801. The van der Waals surface area contributed by atoms with Crippen LogP contribution in [0.25, 0.3) is 0 Å². The first kappa shape index (κ1) is 16.8. The van der Waals surface area contributed by atoms with Crippen molar-refractivity contribution < 1.29 is 9.47 Å². The van der Waals surface area contributed by atoms with Crippen molar-refractivity contribution in [2.45, 2.75) is 33.2 Å². The van der Waals surface area contributed by atoms with Crippen LogP contribution in [0.15, 0.2) is 22.7 Å². The third-order valence-electron chi connectivity index (χ3n) is 3.71. The predicted octanol–water partition coefficient (Wildman–Crippen LogP) is 4.00. The smallest absolute Gasteiger partial charge is 0.119 e. The monoisotopic (exact) mass is 355 g/mol. The largest absolute Gasteiger partial charge is 0.493 e. The molecule has 118 valence electrons. The van der Waals surface area contributed by atoms with Gasteiger partial charge in [-0.05, 0) is 55.0 Å². The van der Waals surface area contributed by atoms with Gasteiger partial charge in [0.2, 0.25) is 0 Å². The van der Waals surface area contributed by atoms with Gasteiger partial charge in [0, 0.05) is 24.2 Å². The summed E-state index contributed by atoms with van der Waals surface area (Å²) < 4.78 is 12.5. The Kier molecular flexibility index (Phi) is 7.00. The summed E-state index contributed by atoms with van der Waals surface area (Å²) in [6.45, 7) is 8.87. The molecule has 0 amide bonds. The SMILES string of the molecule is CC(C)CNCc1cc(OCC2CCOCC2)ccc1Br. The van der Waals surface area contributed by atoms with E-state index in [0.29, 0.717) is 11.8 Å². The van der Waals surface area contributed by atoms with Crippen LogP contribution in [0.3, 0.4) is 0 Å². The molecule has 0 aromatic heterocycles. The minimum Gasteiger partial charge on any atom is -0.493 e. The molecule has 1 aliphatic heterocycles. The number of halogens is 1. The molecule has 0 saturated carbocycles. The maximum atomic E-state index is 5.96. The van der Waals surface area contributed by atoms with Crippen molar-refractivity contribution in [2.75, 3.05) is 26.4 Å². The molecule has 1 N–H and O–H groups in total. The number of ether oxygens (including phenoxy) is 2. The molecule has 1 heterocycles. The summed E-state index contributed by atoms with van der Waals surface area (Å²) in [7, 11) is 0. The molecule has 0 atom stereocenters. The summed E-state index contributed by atoms with van der Waals surface area (Å²) in [6, 6.07) is 6.25. The van der Waals surface area contributed by atoms with E-state index in [-0.39, 0.29) is 0 Å². The number of benzene rings is 1. The molecule has 21 heavy (non-hydrogen) atoms. The van der Waals surface area contributed by atoms with E-state index in [1.54, 1.807) is 0 Å². The Balaban J connectivity index is 1.84.